The van der Waals surface area contributed by atoms with E-state index >= 15 is 0 Å². The maximum absolute atomic E-state index is 11.6. The third kappa shape index (κ3) is 3.03. The molecule has 0 aliphatic heterocycles. The molecule has 0 spiro atoms. The Balaban J connectivity index is 1.84. The van der Waals surface area contributed by atoms with Crippen LogP contribution in [0.4, 0.5) is 0 Å². The van der Waals surface area contributed by atoms with Crippen molar-refractivity contribution in [2.75, 3.05) is 0 Å². The lowest BCUT2D eigenvalue weighted by molar-refractivity contribution is 0.464. The summed E-state index contributed by atoms with van der Waals surface area (Å²) in [6.07, 6.45) is 1.41. The number of hydrogen-bond donors (Lipinski definition) is 2. The third-order valence-electron chi connectivity index (χ3n) is 7.13. The van der Waals surface area contributed by atoms with Crippen molar-refractivity contribution in [3.8, 4) is 22.6 Å². The van der Waals surface area contributed by atoms with Gasteiger partial charge in [-0.1, -0.05) is 62.4 Å². The van der Waals surface area contributed by atoms with Gasteiger partial charge in [0, 0.05) is 11.1 Å². The fourth-order valence-corrected chi connectivity index (χ4v) is 5.32. The van der Waals surface area contributed by atoms with Gasteiger partial charge in [-0.25, -0.2) is 0 Å². The molecular formula is C32H26O2. The molecular weight excluding hydrogens is 416 g/mol. The first-order chi connectivity index (χ1) is 16.6. The molecule has 0 bridgehead atoms. The molecule has 0 fully saturated rings. The average Bonchev–Trinajstić information content (AvgIpc) is 2.86. The standard InChI is InChI=1S/C32H26O2/c1-3-19-13-25-15-21-9-5-7-11-23(21)17-27(25)29(31(19)33)30-28-18-24-12-8-6-10-22(24)16-26(28)14-20(4-2)32(30)34/h5-18,33-34H,3-4H2,1-2H3. The highest BCUT2D eigenvalue weighted by molar-refractivity contribution is 6.15. The predicted molar refractivity (Wildman–Crippen MR) is 144 cm³/mol. The molecule has 166 valence electrons. The van der Waals surface area contributed by atoms with E-state index in [2.05, 4.69) is 74.5 Å². The summed E-state index contributed by atoms with van der Waals surface area (Å²) in [6, 6.07) is 29.4. The quantitative estimate of drug-likeness (QED) is 0.270. The highest BCUT2D eigenvalue weighted by atomic mass is 16.3. The van der Waals surface area contributed by atoms with E-state index in [4.69, 9.17) is 0 Å². The molecule has 0 heterocycles. The number of hydrogen-bond acceptors (Lipinski definition) is 2. The zero-order valence-electron chi connectivity index (χ0n) is 19.4. The zero-order valence-corrected chi connectivity index (χ0v) is 19.4. The van der Waals surface area contributed by atoms with Crippen LogP contribution >= 0.6 is 0 Å². The minimum atomic E-state index is 0.253. The van der Waals surface area contributed by atoms with Crippen LogP contribution in [0.15, 0.2) is 84.9 Å². The lowest BCUT2D eigenvalue weighted by atomic mass is 9.86. The van der Waals surface area contributed by atoms with Crippen LogP contribution in [0.1, 0.15) is 25.0 Å². The number of aryl methyl sites for hydroxylation is 2. The van der Waals surface area contributed by atoms with Gasteiger partial charge in [0.25, 0.3) is 0 Å². The summed E-state index contributed by atoms with van der Waals surface area (Å²) in [4.78, 5) is 0. The Hall–Kier alpha value is -4.04. The highest BCUT2D eigenvalue weighted by Crippen LogP contribution is 2.48. The lowest BCUT2D eigenvalue weighted by Gasteiger charge is -2.19. The van der Waals surface area contributed by atoms with Crippen LogP contribution < -0.4 is 0 Å². The Kier molecular flexibility index (Phi) is 4.70. The zero-order chi connectivity index (χ0) is 23.4. The maximum Gasteiger partial charge on any atom is 0.127 e. The molecule has 0 saturated carbocycles. The van der Waals surface area contributed by atoms with Gasteiger partial charge in [-0.2, -0.15) is 0 Å². The summed E-state index contributed by atoms with van der Waals surface area (Å²) in [5.41, 5.74) is 3.20. The molecule has 0 aliphatic rings. The van der Waals surface area contributed by atoms with Crippen molar-refractivity contribution in [2.45, 2.75) is 26.7 Å². The van der Waals surface area contributed by atoms with Gasteiger partial charge in [-0.15, -0.1) is 0 Å². The largest absolute Gasteiger partial charge is 0.507 e. The van der Waals surface area contributed by atoms with E-state index in [1.165, 1.54) is 0 Å². The van der Waals surface area contributed by atoms with Crippen LogP contribution in [-0.4, -0.2) is 10.2 Å². The van der Waals surface area contributed by atoms with Gasteiger partial charge in [-0.05, 0) is 103 Å². The molecule has 6 rings (SSSR count). The Morgan fingerprint density at radius 1 is 0.471 bits per heavy atom. The second-order valence-corrected chi connectivity index (χ2v) is 9.07. The molecule has 0 saturated heterocycles. The number of phenolic OH excluding ortho intramolecular Hbond substituents is 2. The summed E-state index contributed by atoms with van der Waals surface area (Å²) in [6.45, 7) is 4.11. The van der Waals surface area contributed by atoms with Crippen molar-refractivity contribution in [2.24, 2.45) is 0 Å². The minimum absolute atomic E-state index is 0.253. The molecule has 0 amide bonds. The molecule has 0 aromatic heterocycles. The maximum atomic E-state index is 11.6. The van der Waals surface area contributed by atoms with E-state index < -0.39 is 0 Å². The van der Waals surface area contributed by atoms with Crippen molar-refractivity contribution in [3.63, 3.8) is 0 Å². The molecule has 34 heavy (non-hydrogen) atoms. The Bertz CT molecular complexity index is 1610. The smallest absolute Gasteiger partial charge is 0.127 e. The van der Waals surface area contributed by atoms with Crippen LogP contribution in [-0.2, 0) is 12.8 Å². The van der Waals surface area contributed by atoms with Gasteiger partial charge in [0.15, 0.2) is 0 Å². The first kappa shape index (κ1) is 20.6. The van der Waals surface area contributed by atoms with E-state index in [0.717, 1.165) is 54.2 Å². The fourth-order valence-electron chi connectivity index (χ4n) is 5.32. The fraction of sp³-hybridized carbons (Fsp3) is 0.125. The highest BCUT2D eigenvalue weighted by Gasteiger charge is 2.22. The topological polar surface area (TPSA) is 40.5 Å². The third-order valence-corrected chi connectivity index (χ3v) is 7.13. The molecule has 2 heteroatoms. The first-order valence-corrected chi connectivity index (χ1v) is 11.9. The summed E-state index contributed by atoms with van der Waals surface area (Å²) in [5, 5.41) is 31.7. The normalized spacial score (nSPS) is 11.7. The van der Waals surface area contributed by atoms with Crippen LogP contribution in [0.5, 0.6) is 11.5 Å². The first-order valence-electron chi connectivity index (χ1n) is 11.9. The van der Waals surface area contributed by atoms with Crippen LogP contribution in [0.2, 0.25) is 0 Å². The Labute approximate surface area is 198 Å². The van der Waals surface area contributed by atoms with Crippen LogP contribution in [0.3, 0.4) is 0 Å². The van der Waals surface area contributed by atoms with Gasteiger partial charge >= 0.3 is 0 Å². The van der Waals surface area contributed by atoms with Crippen LogP contribution in [0, 0.1) is 0 Å². The second kappa shape index (κ2) is 7.78. The van der Waals surface area contributed by atoms with Gasteiger partial charge in [0.2, 0.25) is 0 Å². The monoisotopic (exact) mass is 442 g/mol. The molecule has 0 aliphatic carbocycles. The molecule has 6 aromatic carbocycles. The van der Waals surface area contributed by atoms with E-state index in [1.807, 2.05) is 24.3 Å². The number of phenols is 2. The molecule has 2 N–H and O–H groups in total. The molecule has 6 aromatic rings. The summed E-state index contributed by atoms with van der Waals surface area (Å²) >= 11 is 0. The number of fused-ring (bicyclic) bond motifs is 4. The summed E-state index contributed by atoms with van der Waals surface area (Å²) in [7, 11) is 0. The van der Waals surface area contributed by atoms with E-state index in [1.54, 1.807) is 0 Å². The molecule has 0 atom stereocenters. The van der Waals surface area contributed by atoms with Gasteiger partial charge in [0.05, 0.1) is 0 Å². The van der Waals surface area contributed by atoms with Crippen LogP contribution in [0.25, 0.3) is 54.2 Å². The number of rotatable bonds is 3. The minimum Gasteiger partial charge on any atom is -0.507 e. The molecule has 2 nitrogen and oxygen atoms in total. The average molecular weight is 443 g/mol. The Morgan fingerprint density at radius 2 is 0.824 bits per heavy atom. The van der Waals surface area contributed by atoms with Crippen molar-refractivity contribution >= 4 is 43.1 Å². The van der Waals surface area contributed by atoms with Crippen molar-refractivity contribution in [1.82, 2.24) is 0 Å². The number of aromatic hydroxyl groups is 2. The van der Waals surface area contributed by atoms with E-state index in [0.29, 0.717) is 24.0 Å². The van der Waals surface area contributed by atoms with Gasteiger partial charge in [-0.3, -0.25) is 0 Å². The SMILES string of the molecule is CCc1cc2cc3ccccc3cc2c(-c2c(O)c(CC)cc3cc4ccccc4cc23)c1O. The van der Waals surface area contributed by atoms with Crippen molar-refractivity contribution in [3.05, 3.63) is 96.1 Å². The van der Waals surface area contributed by atoms with Gasteiger partial charge < -0.3 is 10.2 Å². The number of benzene rings is 6. The van der Waals surface area contributed by atoms with E-state index in [-0.39, 0.29) is 11.5 Å². The van der Waals surface area contributed by atoms with E-state index in [9.17, 15) is 10.2 Å². The van der Waals surface area contributed by atoms with Crippen molar-refractivity contribution in [1.29, 1.82) is 0 Å². The predicted octanol–water partition coefficient (Wildman–Crippen LogP) is 8.50. The molecule has 0 radical (unpaired) electrons. The van der Waals surface area contributed by atoms with Gasteiger partial charge in [0.1, 0.15) is 11.5 Å². The van der Waals surface area contributed by atoms with Crippen molar-refractivity contribution < 1.29 is 10.2 Å². The summed E-state index contributed by atoms with van der Waals surface area (Å²) < 4.78 is 0. The second-order valence-electron chi connectivity index (χ2n) is 9.07. The molecule has 0 unspecified atom stereocenters. The summed E-state index contributed by atoms with van der Waals surface area (Å²) in [5.74, 6) is 0.506. The Morgan fingerprint density at radius 3 is 1.18 bits per heavy atom. The lowest BCUT2D eigenvalue weighted by Crippen LogP contribution is -1.94.